The summed E-state index contributed by atoms with van der Waals surface area (Å²) < 4.78 is 0. The lowest BCUT2D eigenvalue weighted by Gasteiger charge is -2.11. The van der Waals surface area contributed by atoms with Gasteiger partial charge >= 0.3 is 0 Å². The second-order valence-electron chi connectivity index (χ2n) is 5.71. The third-order valence-corrected chi connectivity index (χ3v) is 3.56. The Morgan fingerprint density at radius 3 is 1.71 bits per heavy atom. The van der Waals surface area contributed by atoms with E-state index in [-0.39, 0.29) is 0 Å². The number of hydrogen-bond donors (Lipinski definition) is 3. The minimum absolute atomic E-state index is 0.590. The fraction of sp³-hybridized carbons (Fsp3) is 0.500. The number of rotatable bonds is 11. The fourth-order valence-electron chi connectivity index (χ4n) is 2.14. The van der Waals surface area contributed by atoms with Crippen LogP contribution >= 0.6 is 0 Å². The lowest BCUT2D eigenvalue weighted by molar-refractivity contribution is 0.814. The minimum atomic E-state index is 0.590. The van der Waals surface area contributed by atoms with E-state index in [0.717, 1.165) is 38.8 Å². The van der Waals surface area contributed by atoms with Crippen molar-refractivity contribution in [3.63, 3.8) is 0 Å². The third kappa shape index (κ3) is 6.40. The Morgan fingerprint density at radius 2 is 1.21 bits per heavy atom. The van der Waals surface area contributed by atoms with Crippen molar-refractivity contribution in [3.05, 3.63) is 35.9 Å². The summed E-state index contributed by atoms with van der Waals surface area (Å²) in [6, 6.07) is 10.2. The van der Waals surface area contributed by atoms with Crippen LogP contribution in [0.5, 0.6) is 0 Å². The molecule has 2 rings (SSSR count). The summed E-state index contributed by atoms with van der Waals surface area (Å²) in [7, 11) is 0. The van der Waals surface area contributed by atoms with Crippen molar-refractivity contribution in [2.75, 3.05) is 29.0 Å². The van der Waals surface area contributed by atoms with Gasteiger partial charge in [0.2, 0.25) is 17.8 Å². The van der Waals surface area contributed by atoms with E-state index in [1.807, 2.05) is 18.2 Å². The van der Waals surface area contributed by atoms with Gasteiger partial charge in [-0.3, -0.25) is 0 Å². The molecule has 0 aliphatic carbocycles. The Balaban J connectivity index is 2.02. The largest absolute Gasteiger partial charge is 0.354 e. The number of anilines is 3. The zero-order valence-electron chi connectivity index (χ0n) is 14.7. The lowest BCUT2D eigenvalue weighted by Crippen LogP contribution is -2.13. The molecule has 0 bridgehead atoms. The molecule has 1 heterocycles. The quantitative estimate of drug-likeness (QED) is 0.543. The molecule has 0 amide bonds. The van der Waals surface area contributed by atoms with Crippen molar-refractivity contribution in [1.29, 1.82) is 0 Å². The number of aromatic nitrogens is 3. The highest BCUT2D eigenvalue weighted by molar-refractivity contribution is 5.42. The third-order valence-electron chi connectivity index (χ3n) is 3.56. The molecule has 0 atom stereocenters. The van der Waals surface area contributed by atoms with E-state index in [1.165, 1.54) is 5.56 Å². The zero-order chi connectivity index (χ0) is 17.0. The first-order valence-corrected chi connectivity index (χ1v) is 8.83. The first-order chi connectivity index (χ1) is 11.8. The smallest absolute Gasteiger partial charge is 0.229 e. The van der Waals surface area contributed by atoms with Crippen LogP contribution in [0.4, 0.5) is 17.8 Å². The van der Waals surface area contributed by atoms with Crippen molar-refractivity contribution < 1.29 is 0 Å². The van der Waals surface area contributed by atoms with Gasteiger partial charge in [-0.1, -0.05) is 57.0 Å². The maximum Gasteiger partial charge on any atom is 0.229 e. The number of nitrogens with one attached hydrogen (secondary N) is 3. The molecule has 0 aliphatic rings. The second-order valence-corrected chi connectivity index (χ2v) is 5.71. The molecule has 6 heteroatoms. The lowest BCUT2D eigenvalue weighted by atomic mass is 10.2. The Labute approximate surface area is 144 Å². The van der Waals surface area contributed by atoms with Crippen molar-refractivity contribution in [1.82, 2.24) is 15.0 Å². The van der Waals surface area contributed by atoms with Crippen molar-refractivity contribution in [2.45, 2.75) is 46.1 Å². The molecule has 1 aromatic carbocycles. The highest BCUT2D eigenvalue weighted by Crippen LogP contribution is 2.11. The molecule has 0 saturated carbocycles. The summed E-state index contributed by atoms with van der Waals surface area (Å²) in [5.41, 5.74) is 1.19. The van der Waals surface area contributed by atoms with Gasteiger partial charge in [0.15, 0.2) is 0 Å². The van der Waals surface area contributed by atoms with Crippen LogP contribution in [0.15, 0.2) is 30.3 Å². The summed E-state index contributed by atoms with van der Waals surface area (Å²) in [6.07, 6.45) is 4.46. The normalized spacial score (nSPS) is 10.4. The minimum Gasteiger partial charge on any atom is -0.354 e. The molecule has 0 unspecified atom stereocenters. The van der Waals surface area contributed by atoms with Crippen LogP contribution in [0.1, 0.15) is 45.1 Å². The average Bonchev–Trinajstić information content (AvgIpc) is 2.61. The van der Waals surface area contributed by atoms with E-state index < -0.39 is 0 Å². The summed E-state index contributed by atoms with van der Waals surface area (Å²) in [5.74, 6) is 1.83. The van der Waals surface area contributed by atoms with Gasteiger partial charge in [-0.2, -0.15) is 15.0 Å². The number of hydrogen-bond acceptors (Lipinski definition) is 6. The summed E-state index contributed by atoms with van der Waals surface area (Å²) in [6.45, 7) is 6.76. The molecule has 6 nitrogen and oxygen atoms in total. The predicted octanol–water partition coefficient (Wildman–Crippen LogP) is 3.91. The van der Waals surface area contributed by atoms with E-state index in [1.54, 1.807) is 0 Å². The van der Waals surface area contributed by atoms with Crippen LogP contribution in [-0.2, 0) is 6.54 Å². The van der Waals surface area contributed by atoms with Crippen LogP contribution in [-0.4, -0.2) is 28.0 Å². The Morgan fingerprint density at radius 1 is 0.708 bits per heavy atom. The van der Waals surface area contributed by atoms with Gasteiger partial charge < -0.3 is 16.0 Å². The Bertz CT molecular complexity index is 559. The van der Waals surface area contributed by atoms with Gasteiger partial charge in [0.05, 0.1) is 0 Å². The standard InChI is InChI=1S/C18H28N6/c1-3-5-12-19-16-22-17(20-13-6-4-2)24-18(23-16)21-14-15-10-8-7-9-11-15/h7-11H,3-6,12-14H2,1-2H3,(H3,19,20,21,22,23,24). The highest BCUT2D eigenvalue weighted by Gasteiger charge is 2.06. The molecule has 130 valence electrons. The van der Waals surface area contributed by atoms with E-state index in [2.05, 4.69) is 56.9 Å². The van der Waals surface area contributed by atoms with Gasteiger partial charge in [0.1, 0.15) is 0 Å². The summed E-state index contributed by atoms with van der Waals surface area (Å²) in [4.78, 5) is 13.4. The predicted molar refractivity (Wildman–Crippen MR) is 100 cm³/mol. The molecule has 3 N–H and O–H groups in total. The average molecular weight is 328 g/mol. The topological polar surface area (TPSA) is 74.8 Å². The number of benzene rings is 1. The van der Waals surface area contributed by atoms with Crippen LogP contribution in [0.25, 0.3) is 0 Å². The van der Waals surface area contributed by atoms with Gasteiger partial charge in [0, 0.05) is 19.6 Å². The van der Waals surface area contributed by atoms with Gasteiger partial charge in [-0.15, -0.1) is 0 Å². The van der Waals surface area contributed by atoms with Crippen LogP contribution in [0.2, 0.25) is 0 Å². The molecule has 0 radical (unpaired) electrons. The summed E-state index contributed by atoms with van der Waals surface area (Å²) in [5, 5.41) is 9.83. The monoisotopic (exact) mass is 328 g/mol. The van der Waals surface area contributed by atoms with Crippen LogP contribution in [0, 0.1) is 0 Å². The molecule has 1 aromatic heterocycles. The van der Waals surface area contributed by atoms with Gasteiger partial charge in [-0.05, 0) is 18.4 Å². The molecule has 0 aliphatic heterocycles. The molecular formula is C18H28N6. The van der Waals surface area contributed by atoms with E-state index in [4.69, 9.17) is 0 Å². The van der Waals surface area contributed by atoms with Crippen molar-refractivity contribution in [2.24, 2.45) is 0 Å². The first kappa shape index (κ1) is 18.0. The maximum atomic E-state index is 4.46. The fourth-order valence-corrected chi connectivity index (χ4v) is 2.14. The Kier molecular flexibility index (Phi) is 7.80. The molecule has 0 saturated heterocycles. The van der Waals surface area contributed by atoms with E-state index in [9.17, 15) is 0 Å². The molecule has 0 spiro atoms. The second kappa shape index (κ2) is 10.4. The Hall–Kier alpha value is -2.37. The van der Waals surface area contributed by atoms with E-state index in [0.29, 0.717) is 24.4 Å². The summed E-state index contributed by atoms with van der Waals surface area (Å²) >= 11 is 0. The zero-order valence-corrected chi connectivity index (χ0v) is 14.7. The number of nitrogens with zero attached hydrogens (tertiary/aromatic N) is 3. The SMILES string of the molecule is CCCCNc1nc(NCCCC)nc(NCc2ccccc2)n1. The van der Waals surface area contributed by atoms with Crippen LogP contribution in [0.3, 0.4) is 0 Å². The van der Waals surface area contributed by atoms with Gasteiger partial charge in [0.25, 0.3) is 0 Å². The molecular weight excluding hydrogens is 300 g/mol. The first-order valence-electron chi connectivity index (χ1n) is 8.83. The molecule has 0 fully saturated rings. The molecule has 2 aromatic rings. The van der Waals surface area contributed by atoms with Crippen LogP contribution < -0.4 is 16.0 Å². The highest BCUT2D eigenvalue weighted by atomic mass is 15.3. The molecule has 24 heavy (non-hydrogen) atoms. The van der Waals surface area contributed by atoms with Crippen molar-refractivity contribution >= 4 is 17.8 Å². The van der Waals surface area contributed by atoms with Crippen molar-refractivity contribution in [3.8, 4) is 0 Å². The number of unbranched alkanes of at least 4 members (excludes halogenated alkanes) is 2. The van der Waals surface area contributed by atoms with E-state index >= 15 is 0 Å². The van der Waals surface area contributed by atoms with Gasteiger partial charge in [-0.25, -0.2) is 0 Å². The maximum absolute atomic E-state index is 4.46.